The van der Waals surface area contributed by atoms with Crippen molar-refractivity contribution < 1.29 is 14.0 Å². The molecule has 3 rings (SSSR count). The maximum absolute atomic E-state index is 12.4. The Kier molecular flexibility index (Phi) is 4.70. The number of furan rings is 1. The maximum Gasteiger partial charge on any atom is 0.229 e. The molecule has 0 aliphatic carbocycles. The molecule has 6 heteroatoms. The lowest BCUT2D eigenvalue weighted by Gasteiger charge is -2.15. The molecule has 2 heterocycles. The number of halogens is 1. The average molecular weight is 424 g/mol. The number of nitrogens with zero attached hydrogens (tertiary/aromatic N) is 1. The van der Waals surface area contributed by atoms with Crippen molar-refractivity contribution in [2.24, 2.45) is 5.92 Å². The fourth-order valence-electron chi connectivity index (χ4n) is 2.61. The summed E-state index contributed by atoms with van der Waals surface area (Å²) >= 11 is 2.24. The molecule has 5 nitrogen and oxygen atoms in total. The Bertz CT molecular complexity index is 727. The summed E-state index contributed by atoms with van der Waals surface area (Å²) in [5.41, 5.74) is 1.94. The Morgan fingerprint density at radius 2 is 2.26 bits per heavy atom. The zero-order valence-electron chi connectivity index (χ0n) is 12.7. The molecule has 1 N–H and O–H groups in total. The van der Waals surface area contributed by atoms with Crippen LogP contribution in [0.3, 0.4) is 0 Å². The molecule has 2 amide bonds. The van der Waals surface area contributed by atoms with E-state index in [2.05, 4.69) is 27.9 Å². The number of amides is 2. The summed E-state index contributed by atoms with van der Waals surface area (Å²) in [4.78, 5) is 26.1. The van der Waals surface area contributed by atoms with Crippen LogP contribution in [0.25, 0.3) is 0 Å². The van der Waals surface area contributed by atoms with Gasteiger partial charge in [0.15, 0.2) is 0 Å². The molecule has 1 unspecified atom stereocenters. The van der Waals surface area contributed by atoms with Crippen LogP contribution in [0.2, 0.25) is 0 Å². The normalized spacial score (nSPS) is 17.6. The van der Waals surface area contributed by atoms with Crippen LogP contribution in [0.5, 0.6) is 0 Å². The van der Waals surface area contributed by atoms with Crippen LogP contribution < -0.4 is 5.32 Å². The van der Waals surface area contributed by atoms with Crippen LogP contribution in [-0.2, 0) is 16.1 Å². The second kappa shape index (κ2) is 6.74. The summed E-state index contributed by atoms with van der Waals surface area (Å²) in [6.07, 6.45) is 1.83. The minimum absolute atomic E-state index is 0.0139. The van der Waals surface area contributed by atoms with Gasteiger partial charge >= 0.3 is 0 Å². The number of carbonyl (C=O) groups excluding carboxylic acids is 2. The van der Waals surface area contributed by atoms with E-state index in [0.717, 1.165) is 15.0 Å². The summed E-state index contributed by atoms with van der Waals surface area (Å²) in [6, 6.07) is 9.41. The van der Waals surface area contributed by atoms with Gasteiger partial charge in [-0.1, -0.05) is 6.07 Å². The predicted molar refractivity (Wildman–Crippen MR) is 94.8 cm³/mol. The van der Waals surface area contributed by atoms with Crippen molar-refractivity contribution in [3.63, 3.8) is 0 Å². The largest absolute Gasteiger partial charge is 0.467 e. The third kappa shape index (κ3) is 3.74. The monoisotopic (exact) mass is 424 g/mol. The van der Waals surface area contributed by atoms with E-state index in [1.165, 1.54) is 5.56 Å². The number of aryl methyl sites for hydroxylation is 1. The van der Waals surface area contributed by atoms with E-state index >= 15 is 0 Å². The smallest absolute Gasteiger partial charge is 0.229 e. The minimum Gasteiger partial charge on any atom is -0.467 e. The number of hydrogen-bond donors (Lipinski definition) is 1. The Labute approximate surface area is 148 Å². The van der Waals surface area contributed by atoms with Gasteiger partial charge in [0.25, 0.3) is 0 Å². The quantitative estimate of drug-likeness (QED) is 0.768. The molecular weight excluding hydrogens is 407 g/mol. The molecule has 23 heavy (non-hydrogen) atoms. The van der Waals surface area contributed by atoms with Gasteiger partial charge in [-0.25, -0.2) is 0 Å². The average Bonchev–Trinajstić information content (AvgIpc) is 3.14. The molecule has 0 radical (unpaired) electrons. The van der Waals surface area contributed by atoms with Crippen molar-refractivity contribution >= 4 is 40.1 Å². The zero-order valence-corrected chi connectivity index (χ0v) is 14.9. The molecule has 1 fully saturated rings. The van der Waals surface area contributed by atoms with Gasteiger partial charge in [-0.2, -0.15) is 0 Å². The molecular formula is C17H17IN2O3. The molecule has 1 aromatic heterocycles. The van der Waals surface area contributed by atoms with Crippen LogP contribution in [0.4, 0.5) is 5.69 Å². The molecule has 1 atom stereocenters. The fraction of sp³-hybridized carbons (Fsp3) is 0.294. The van der Waals surface area contributed by atoms with Crippen molar-refractivity contribution in [1.82, 2.24) is 4.90 Å². The van der Waals surface area contributed by atoms with Crippen molar-refractivity contribution in [3.8, 4) is 0 Å². The Hall–Kier alpha value is -1.83. The van der Waals surface area contributed by atoms with Gasteiger partial charge in [-0.15, -0.1) is 0 Å². The molecule has 120 valence electrons. The van der Waals surface area contributed by atoms with Crippen molar-refractivity contribution in [2.75, 3.05) is 11.9 Å². The van der Waals surface area contributed by atoms with Crippen molar-refractivity contribution in [2.45, 2.75) is 19.9 Å². The third-order valence-electron chi connectivity index (χ3n) is 3.95. The molecule has 1 aliphatic rings. The van der Waals surface area contributed by atoms with E-state index in [0.29, 0.717) is 13.1 Å². The molecule has 2 aromatic rings. The lowest BCUT2D eigenvalue weighted by molar-refractivity contribution is -0.128. The zero-order chi connectivity index (χ0) is 16.4. The van der Waals surface area contributed by atoms with Gasteiger partial charge in [-0.3, -0.25) is 9.59 Å². The fourth-order valence-corrected chi connectivity index (χ4v) is 3.12. The molecule has 1 saturated heterocycles. The first-order chi connectivity index (χ1) is 11.0. The summed E-state index contributed by atoms with van der Waals surface area (Å²) in [6.45, 7) is 2.86. The number of hydrogen-bond acceptors (Lipinski definition) is 3. The second-order valence-corrected chi connectivity index (χ2v) is 6.87. The maximum atomic E-state index is 12.4. The van der Waals surface area contributed by atoms with E-state index in [-0.39, 0.29) is 24.2 Å². The summed E-state index contributed by atoms with van der Waals surface area (Å²) in [7, 11) is 0. The standard InChI is InChI=1S/C17H17IN2O3/c1-11-4-5-13(8-15(11)18)19-17(22)12-7-16(21)20(9-12)10-14-3-2-6-23-14/h2-6,8,12H,7,9-10H2,1H3,(H,19,22). The van der Waals surface area contributed by atoms with Gasteiger partial charge < -0.3 is 14.6 Å². The number of anilines is 1. The summed E-state index contributed by atoms with van der Waals surface area (Å²) < 4.78 is 6.36. The highest BCUT2D eigenvalue weighted by Crippen LogP contribution is 2.23. The minimum atomic E-state index is -0.323. The van der Waals surface area contributed by atoms with Crippen LogP contribution in [0, 0.1) is 16.4 Å². The lowest BCUT2D eigenvalue weighted by atomic mass is 10.1. The second-order valence-electron chi connectivity index (χ2n) is 5.71. The number of carbonyl (C=O) groups is 2. The third-order valence-corrected chi connectivity index (χ3v) is 5.11. The highest BCUT2D eigenvalue weighted by molar-refractivity contribution is 14.1. The Morgan fingerprint density at radius 3 is 2.96 bits per heavy atom. The van der Waals surface area contributed by atoms with Crippen LogP contribution in [0.15, 0.2) is 41.0 Å². The topological polar surface area (TPSA) is 62.6 Å². The van der Waals surface area contributed by atoms with Gasteiger partial charge in [0.1, 0.15) is 5.76 Å². The number of likely N-dealkylation sites (tertiary alicyclic amines) is 1. The lowest BCUT2D eigenvalue weighted by Crippen LogP contribution is -2.27. The number of benzene rings is 1. The Balaban J connectivity index is 1.62. The van der Waals surface area contributed by atoms with E-state index in [1.54, 1.807) is 17.2 Å². The van der Waals surface area contributed by atoms with Gasteiger partial charge in [0.05, 0.1) is 18.7 Å². The van der Waals surface area contributed by atoms with Gasteiger partial charge in [0.2, 0.25) is 11.8 Å². The van der Waals surface area contributed by atoms with Gasteiger partial charge in [0, 0.05) is 22.2 Å². The summed E-state index contributed by atoms with van der Waals surface area (Å²) in [5.74, 6) is 0.281. The molecule has 0 bridgehead atoms. The van der Waals surface area contributed by atoms with Crippen LogP contribution in [0.1, 0.15) is 17.7 Å². The van der Waals surface area contributed by atoms with E-state index in [4.69, 9.17) is 4.42 Å². The first-order valence-corrected chi connectivity index (χ1v) is 8.48. The molecule has 0 saturated carbocycles. The first-order valence-electron chi connectivity index (χ1n) is 7.40. The van der Waals surface area contributed by atoms with Crippen molar-refractivity contribution in [3.05, 3.63) is 51.5 Å². The van der Waals surface area contributed by atoms with Crippen LogP contribution in [-0.4, -0.2) is 23.3 Å². The van der Waals surface area contributed by atoms with E-state index < -0.39 is 0 Å². The highest BCUT2D eigenvalue weighted by Gasteiger charge is 2.34. The molecule has 1 aromatic carbocycles. The SMILES string of the molecule is Cc1ccc(NC(=O)C2CC(=O)N(Cc3ccco3)C2)cc1I. The summed E-state index contributed by atoms with van der Waals surface area (Å²) in [5, 5.41) is 2.91. The van der Waals surface area contributed by atoms with Crippen molar-refractivity contribution in [1.29, 1.82) is 0 Å². The van der Waals surface area contributed by atoms with E-state index in [9.17, 15) is 9.59 Å². The molecule has 0 spiro atoms. The highest BCUT2D eigenvalue weighted by atomic mass is 127. The van der Waals surface area contributed by atoms with Crippen LogP contribution >= 0.6 is 22.6 Å². The predicted octanol–water partition coefficient (Wildman–Crippen LogP) is 3.18. The Morgan fingerprint density at radius 1 is 1.43 bits per heavy atom. The first kappa shape index (κ1) is 16.0. The number of nitrogens with one attached hydrogen (secondary N) is 1. The van der Waals surface area contributed by atoms with Gasteiger partial charge in [-0.05, 0) is 59.3 Å². The van der Waals surface area contributed by atoms with E-state index in [1.807, 2.05) is 31.2 Å². The number of rotatable bonds is 4. The molecule has 1 aliphatic heterocycles.